The summed E-state index contributed by atoms with van der Waals surface area (Å²) in [7, 11) is 1.87. The van der Waals surface area contributed by atoms with Crippen molar-refractivity contribution in [2.24, 2.45) is 5.92 Å². The van der Waals surface area contributed by atoms with Crippen LogP contribution in [0.1, 0.15) is 49.0 Å². The van der Waals surface area contributed by atoms with Gasteiger partial charge < -0.3 is 14.5 Å². The molecule has 2 aromatic carbocycles. The number of anilines is 1. The number of likely N-dealkylation sites (tertiary alicyclic amines) is 1. The van der Waals surface area contributed by atoms with E-state index in [1.165, 1.54) is 12.1 Å². The van der Waals surface area contributed by atoms with E-state index in [0.717, 1.165) is 30.5 Å². The van der Waals surface area contributed by atoms with Crippen molar-refractivity contribution in [3.63, 3.8) is 0 Å². The van der Waals surface area contributed by atoms with Crippen molar-refractivity contribution in [1.82, 2.24) is 34.7 Å². The molecule has 3 fully saturated rings. The minimum Gasteiger partial charge on any atom is -0.461 e. The van der Waals surface area contributed by atoms with E-state index in [0.29, 0.717) is 78.3 Å². The zero-order valence-electron chi connectivity index (χ0n) is 31.0. The number of pyridine rings is 1. The van der Waals surface area contributed by atoms with Crippen LogP contribution in [-0.2, 0) is 11.2 Å². The molecule has 54 heavy (non-hydrogen) atoms. The van der Waals surface area contributed by atoms with E-state index in [1.54, 1.807) is 35.4 Å². The van der Waals surface area contributed by atoms with Crippen molar-refractivity contribution in [1.29, 1.82) is 0 Å². The number of aromatic nitrogens is 5. The Kier molecular flexibility index (Phi) is 9.45. The molecule has 0 saturated carbocycles. The first-order valence-corrected chi connectivity index (χ1v) is 18.6. The van der Waals surface area contributed by atoms with Crippen molar-refractivity contribution in [2.75, 3.05) is 51.3 Å². The van der Waals surface area contributed by atoms with E-state index in [2.05, 4.69) is 24.8 Å². The van der Waals surface area contributed by atoms with Gasteiger partial charge in [0, 0.05) is 69.1 Å². The number of nitrogens with zero attached hydrogens (tertiary/aromatic N) is 8. The molecule has 2 atom stereocenters. The van der Waals surface area contributed by atoms with Crippen molar-refractivity contribution in [2.45, 2.75) is 58.2 Å². The molecule has 5 aromatic rings. The summed E-state index contributed by atoms with van der Waals surface area (Å²) < 4.78 is 52.8. The SMILES string of the molecule is CCc1c(F)ccc2cccc(-c3ncc4c(N(C)CC5CN(C(=O)/C=C/c6cc(C)nc(C)n6)C5)nc(OC[C@@]56CCCN5CC(F)C6)nc4c3F)c12. The summed E-state index contributed by atoms with van der Waals surface area (Å²) in [5, 5.41) is 1.78. The number of fused-ring (bicyclic) bond motifs is 3. The number of hydrogen-bond acceptors (Lipinski definition) is 9. The molecule has 1 amide bonds. The molecular formula is C41H43F3N8O2. The molecule has 1 unspecified atom stereocenters. The van der Waals surface area contributed by atoms with Crippen molar-refractivity contribution in [3.8, 4) is 17.3 Å². The second-order valence-electron chi connectivity index (χ2n) is 15.0. The lowest BCUT2D eigenvalue weighted by Gasteiger charge is -2.40. The smallest absolute Gasteiger partial charge is 0.319 e. The maximum atomic E-state index is 16.9. The van der Waals surface area contributed by atoms with Crippen LogP contribution in [0.5, 0.6) is 6.01 Å². The largest absolute Gasteiger partial charge is 0.461 e. The monoisotopic (exact) mass is 736 g/mol. The molecule has 3 saturated heterocycles. The minimum absolute atomic E-state index is 0.00658. The first-order chi connectivity index (χ1) is 26.0. The highest BCUT2D eigenvalue weighted by Crippen LogP contribution is 2.41. The van der Waals surface area contributed by atoms with Crippen LogP contribution in [-0.4, -0.2) is 98.7 Å². The fourth-order valence-corrected chi connectivity index (χ4v) is 8.62. The van der Waals surface area contributed by atoms with Gasteiger partial charge in [-0.3, -0.25) is 14.7 Å². The molecular weight excluding hydrogens is 693 g/mol. The Balaban J connectivity index is 1.09. The number of halogens is 3. The predicted molar refractivity (Wildman–Crippen MR) is 202 cm³/mol. The standard InChI is InChI=1S/C41H43F3N8O2/c1-5-30-33(43)12-10-27-8-6-9-31(35(27)30)37-36(44)38-32(18-45-37)39(49-40(48-38)54-23-41-14-7-15-52(41)22-28(42)17-41)50(4)19-26-20-51(21-26)34(53)13-11-29-16-24(2)46-25(3)47-29/h6,8-13,16,18,26,28H,5,7,14-15,17,19-23H2,1-4H3/b13-11+/t28?,41-/m0/s1. The van der Waals surface area contributed by atoms with Crippen LogP contribution in [0.2, 0.25) is 0 Å². The van der Waals surface area contributed by atoms with Gasteiger partial charge >= 0.3 is 6.01 Å². The summed E-state index contributed by atoms with van der Waals surface area (Å²) in [5.74, 6) is 0.0821. The van der Waals surface area contributed by atoms with Crippen LogP contribution in [0, 0.1) is 31.4 Å². The third kappa shape index (κ3) is 6.63. The average Bonchev–Trinajstić information content (AvgIpc) is 3.66. The topological polar surface area (TPSA) is 100 Å². The van der Waals surface area contributed by atoms with Gasteiger partial charge in [-0.05, 0) is 74.2 Å². The van der Waals surface area contributed by atoms with E-state index < -0.39 is 17.5 Å². The summed E-state index contributed by atoms with van der Waals surface area (Å²) in [6, 6.07) is 10.4. The quantitative estimate of drug-likeness (QED) is 0.146. The maximum Gasteiger partial charge on any atom is 0.319 e. The molecule has 0 aliphatic carbocycles. The molecule has 3 aliphatic rings. The van der Waals surface area contributed by atoms with Crippen LogP contribution in [0.3, 0.4) is 0 Å². The lowest BCUT2D eigenvalue weighted by atomic mass is 9.95. The normalized spacial score (nSPS) is 20.3. The molecule has 0 N–H and O–H groups in total. The van der Waals surface area contributed by atoms with Crippen molar-refractivity contribution < 1.29 is 22.7 Å². The van der Waals surface area contributed by atoms with Gasteiger partial charge in [-0.1, -0.05) is 31.2 Å². The molecule has 13 heteroatoms. The van der Waals surface area contributed by atoms with Crippen LogP contribution >= 0.6 is 0 Å². The zero-order chi connectivity index (χ0) is 37.7. The predicted octanol–water partition coefficient (Wildman–Crippen LogP) is 6.66. The molecule has 0 radical (unpaired) electrons. The summed E-state index contributed by atoms with van der Waals surface area (Å²) in [5.41, 5.74) is 2.10. The summed E-state index contributed by atoms with van der Waals surface area (Å²) in [4.78, 5) is 41.4. The fourth-order valence-electron chi connectivity index (χ4n) is 8.62. The van der Waals surface area contributed by atoms with Gasteiger partial charge in [0.25, 0.3) is 0 Å². The molecule has 3 aromatic heterocycles. The highest BCUT2D eigenvalue weighted by Gasteiger charge is 2.49. The van der Waals surface area contributed by atoms with E-state index in [9.17, 15) is 9.18 Å². The number of rotatable bonds is 10. The van der Waals surface area contributed by atoms with E-state index in [4.69, 9.17) is 9.72 Å². The Morgan fingerprint density at radius 3 is 2.72 bits per heavy atom. The van der Waals surface area contributed by atoms with Crippen LogP contribution in [0.25, 0.3) is 39.0 Å². The number of ether oxygens (including phenoxy) is 1. The third-order valence-corrected chi connectivity index (χ3v) is 11.1. The molecule has 6 heterocycles. The fraction of sp³-hybridized carbons (Fsp3) is 0.415. The molecule has 0 bridgehead atoms. The van der Waals surface area contributed by atoms with Crippen LogP contribution in [0.15, 0.2) is 48.7 Å². The molecule has 280 valence electrons. The lowest BCUT2D eigenvalue weighted by molar-refractivity contribution is -0.131. The zero-order valence-corrected chi connectivity index (χ0v) is 31.0. The van der Waals surface area contributed by atoms with Gasteiger partial charge in [-0.2, -0.15) is 9.97 Å². The minimum atomic E-state index is -0.928. The van der Waals surface area contributed by atoms with Crippen LogP contribution < -0.4 is 9.64 Å². The Bertz CT molecular complexity index is 2280. The van der Waals surface area contributed by atoms with Gasteiger partial charge in [-0.25, -0.2) is 23.1 Å². The highest BCUT2D eigenvalue weighted by molar-refractivity contribution is 6.01. The molecule has 8 rings (SSSR count). The van der Waals surface area contributed by atoms with Gasteiger partial charge in [0.2, 0.25) is 5.91 Å². The number of carbonyl (C=O) groups is 1. The van der Waals surface area contributed by atoms with E-state index in [-0.39, 0.29) is 41.5 Å². The van der Waals surface area contributed by atoms with Gasteiger partial charge in [0.15, 0.2) is 5.82 Å². The van der Waals surface area contributed by atoms with Gasteiger partial charge in [-0.15, -0.1) is 0 Å². The molecule has 10 nitrogen and oxygen atoms in total. The second kappa shape index (κ2) is 14.2. The Hall–Kier alpha value is -5.17. The van der Waals surface area contributed by atoms with Crippen LogP contribution in [0.4, 0.5) is 19.0 Å². The number of amides is 1. The maximum absolute atomic E-state index is 16.9. The Labute approximate surface area is 312 Å². The number of alkyl halides is 1. The summed E-state index contributed by atoms with van der Waals surface area (Å²) >= 11 is 0. The van der Waals surface area contributed by atoms with Gasteiger partial charge in [0.1, 0.15) is 41.4 Å². The van der Waals surface area contributed by atoms with Crippen molar-refractivity contribution in [3.05, 3.63) is 83.1 Å². The Morgan fingerprint density at radius 2 is 1.93 bits per heavy atom. The second-order valence-corrected chi connectivity index (χ2v) is 15.0. The number of benzene rings is 2. The summed E-state index contributed by atoms with van der Waals surface area (Å²) in [6.45, 7) is 8.55. The first kappa shape index (κ1) is 35.8. The number of aryl methyl sites for hydroxylation is 3. The molecule has 0 spiro atoms. The van der Waals surface area contributed by atoms with E-state index in [1.807, 2.05) is 44.9 Å². The highest BCUT2D eigenvalue weighted by atomic mass is 19.1. The number of carbonyl (C=O) groups excluding carboxylic acids is 1. The van der Waals surface area contributed by atoms with E-state index >= 15 is 8.78 Å². The van der Waals surface area contributed by atoms with Crippen molar-refractivity contribution >= 4 is 39.5 Å². The lowest BCUT2D eigenvalue weighted by Crippen LogP contribution is -2.53. The first-order valence-electron chi connectivity index (χ1n) is 18.6. The van der Waals surface area contributed by atoms with Gasteiger partial charge in [0.05, 0.1) is 16.6 Å². The summed E-state index contributed by atoms with van der Waals surface area (Å²) in [6.07, 6.45) is 6.42. The number of hydrogen-bond donors (Lipinski definition) is 0. The third-order valence-electron chi connectivity index (χ3n) is 11.1. The Morgan fingerprint density at radius 1 is 1.09 bits per heavy atom. The molecule has 3 aliphatic heterocycles. The average molecular weight is 737 g/mol.